The van der Waals surface area contributed by atoms with E-state index in [2.05, 4.69) is 10.6 Å². The molecule has 4 N–H and O–H groups in total. The van der Waals surface area contributed by atoms with Gasteiger partial charge in [0.15, 0.2) is 0 Å². The lowest BCUT2D eigenvalue weighted by molar-refractivity contribution is -0.126. The first-order chi connectivity index (χ1) is 7.57. The molecule has 0 atom stereocenters. The number of hydrogen-bond acceptors (Lipinski definition) is 4. The largest absolute Gasteiger partial charge is 0.370 e. The first-order valence-electron chi connectivity index (χ1n) is 5.40. The van der Waals surface area contributed by atoms with Gasteiger partial charge in [-0.2, -0.15) is 0 Å². The summed E-state index contributed by atoms with van der Waals surface area (Å²) in [4.78, 5) is 22.2. The van der Waals surface area contributed by atoms with Gasteiger partial charge in [-0.1, -0.05) is 13.8 Å². The van der Waals surface area contributed by atoms with E-state index in [1.165, 1.54) is 0 Å². The van der Waals surface area contributed by atoms with Gasteiger partial charge in [-0.25, -0.2) is 0 Å². The van der Waals surface area contributed by atoms with Crippen molar-refractivity contribution in [3.8, 4) is 0 Å². The third kappa shape index (κ3) is 8.19. The molecule has 0 aliphatic rings. The molecule has 6 nitrogen and oxygen atoms in total. The minimum Gasteiger partial charge on any atom is -0.370 e. The molecule has 0 spiro atoms. The van der Waals surface area contributed by atoms with Crippen molar-refractivity contribution in [1.29, 1.82) is 0 Å². The van der Waals surface area contributed by atoms with Crippen LogP contribution < -0.4 is 16.4 Å². The van der Waals surface area contributed by atoms with E-state index in [0.717, 1.165) is 0 Å². The highest BCUT2D eigenvalue weighted by molar-refractivity contribution is 5.78. The fourth-order valence-corrected chi connectivity index (χ4v) is 0.891. The molecule has 6 heteroatoms. The zero-order chi connectivity index (χ0) is 12.4. The summed E-state index contributed by atoms with van der Waals surface area (Å²) in [5.41, 5.74) is 5.19. The standard InChI is InChI=1S/C10H21N3O3/c1-8(2)10(15)13-5-4-12-9(14)7-16-6-3-11/h8H,3-7,11H2,1-2H3,(H,12,14)(H,13,15). The third-order valence-electron chi connectivity index (χ3n) is 1.77. The zero-order valence-corrected chi connectivity index (χ0v) is 9.91. The van der Waals surface area contributed by atoms with Crippen LogP contribution in [0.4, 0.5) is 0 Å². The van der Waals surface area contributed by atoms with Crippen molar-refractivity contribution in [3.05, 3.63) is 0 Å². The Bertz CT molecular complexity index is 219. The summed E-state index contributed by atoms with van der Waals surface area (Å²) >= 11 is 0. The normalized spacial score (nSPS) is 10.2. The Hall–Kier alpha value is -1.14. The van der Waals surface area contributed by atoms with E-state index < -0.39 is 0 Å². The Labute approximate surface area is 95.9 Å². The van der Waals surface area contributed by atoms with Crippen molar-refractivity contribution in [2.24, 2.45) is 11.7 Å². The Morgan fingerprint density at radius 3 is 2.44 bits per heavy atom. The maximum absolute atomic E-state index is 11.1. The van der Waals surface area contributed by atoms with Crippen LogP contribution in [0.15, 0.2) is 0 Å². The van der Waals surface area contributed by atoms with Crippen LogP contribution in [0.25, 0.3) is 0 Å². The van der Waals surface area contributed by atoms with Crippen LogP contribution in [0.3, 0.4) is 0 Å². The number of rotatable bonds is 8. The first kappa shape index (κ1) is 14.9. The van der Waals surface area contributed by atoms with E-state index in [-0.39, 0.29) is 24.3 Å². The highest BCUT2D eigenvalue weighted by atomic mass is 16.5. The molecule has 2 amide bonds. The van der Waals surface area contributed by atoms with Crippen LogP contribution in [0.5, 0.6) is 0 Å². The van der Waals surface area contributed by atoms with E-state index in [1.54, 1.807) is 0 Å². The highest BCUT2D eigenvalue weighted by Crippen LogP contribution is 1.88. The Kier molecular flexibility index (Phi) is 8.46. The van der Waals surface area contributed by atoms with Gasteiger partial charge in [0.1, 0.15) is 6.61 Å². The number of ether oxygens (including phenoxy) is 1. The fourth-order valence-electron chi connectivity index (χ4n) is 0.891. The van der Waals surface area contributed by atoms with Gasteiger partial charge in [0, 0.05) is 25.6 Å². The molecule has 0 rings (SSSR count). The molecule has 0 aromatic carbocycles. The molecule has 0 fully saturated rings. The number of nitrogens with one attached hydrogen (secondary N) is 2. The van der Waals surface area contributed by atoms with Crippen LogP contribution in [0.2, 0.25) is 0 Å². The summed E-state index contributed by atoms with van der Waals surface area (Å²) in [6.45, 7) is 5.25. The number of carbonyl (C=O) groups excluding carboxylic acids is 2. The van der Waals surface area contributed by atoms with E-state index in [4.69, 9.17) is 10.5 Å². The molecule has 94 valence electrons. The fraction of sp³-hybridized carbons (Fsp3) is 0.800. The molecule has 0 bridgehead atoms. The average Bonchev–Trinajstić information content (AvgIpc) is 2.24. The maximum atomic E-state index is 11.1. The van der Waals surface area contributed by atoms with Crippen LogP contribution in [-0.2, 0) is 14.3 Å². The van der Waals surface area contributed by atoms with Crippen molar-refractivity contribution in [2.75, 3.05) is 32.8 Å². The summed E-state index contributed by atoms with van der Waals surface area (Å²) in [7, 11) is 0. The molecule has 16 heavy (non-hydrogen) atoms. The second kappa shape index (κ2) is 9.11. The SMILES string of the molecule is CC(C)C(=O)NCCNC(=O)COCCN. The summed E-state index contributed by atoms with van der Waals surface area (Å²) in [5, 5.41) is 5.31. The molecule has 0 aliphatic heterocycles. The molecular weight excluding hydrogens is 210 g/mol. The Morgan fingerprint density at radius 1 is 1.25 bits per heavy atom. The predicted octanol–water partition coefficient (Wildman–Crippen LogP) is -1.15. The third-order valence-corrected chi connectivity index (χ3v) is 1.77. The Balaban J connectivity index is 3.37. The lowest BCUT2D eigenvalue weighted by atomic mass is 10.2. The van der Waals surface area contributed by atoms with E-state index in [0.29, 0.717) is 26.2 Å². The number of nitrogens with two attached hydrogens (primary N) is 1. The molecule has 0 saturated heterocycles. The van der Waals surface area contributed by atoms with Gasteiger partial charge in [-0.05, 0) is 0 Å². The van der Waals surface area contributed by atoms with E-state index >= 15 is 0 Å². The van der Waals surface area contributed by atoms with Gasteiger partial charge >= 0.3 is 0 Å². The first-order valence-corrected chi connectivity index (χ1v) is 5.40. The van der Waals surface area contributed by atoms with Gasteiger partial charge in [-0.15, -0.1) is 0 Å². The number of amides is 2. The summed E-state index contributed by atoms with van der Waals surface area (Å²) in [6, 6.07) is 0. The Morgan fingerprint density at radius 2 is 1.88 bits per heavy atom. The quantitative estimate of drug-likeness (QED) is 0.460. The van der Waals surface area contributed by atoms with E-state index in [9.17, 15) is 9.59 Å². The van der Waals surface area contributed by atoms with Crippen LogP contribution in [0.1, 0.15) is 13.8 Å². The van der Waals surface area contributed by atoms with E-state index in [1.807, 2.05) is 13.8 Å². The lowest BCUT2D eigenvalue weighted by Gasteiger charge is -2.08. The maximum Gasteiger partial charge on any atom is 0.246 e. The predicted molar refractivity (Wildman–Crippen MR) is 60.7 cm³/mol. The van der Waals surface area contributed by atoms with Crippen molar-refractivity contribution < 1.29 is 14.3 Å². The summed E-state index contributed by atoms with van der Waals surface area (Å²) < 4.78 is 4.94. The molecule has 0 aromatic heterocycles. The molecule has 0 aliphatic carbocycles. The molecule has 0 radical (unpaired) electrons. The van der Waals surface area contributed by atoms with Crippen molar-refractivity contribution in [3.63, 3.8) is 0 Å². The number of hydrogen-bond donors (Lipinski definition) is 3. The van der Waals surface area contributed by atoms with Crippen molar-refractivity contribution >= 4 is 11.8 Å². The van der Waals surface area contributed by atoms with Gasteiger partial charge < -0.3 is 21.1 Å². The average molecular weight is 231 g/mol. The zero-order valence-electron chi connectivity index (χ0n) is 9.91. The van der Waals surface area contributed by atoms with Gasteiger partial charge in [0.05, 0.1) is 6.61 Å². The van der Waals surface area contributed by atoms with Crippen molar-refractivity contribution in [2.45, 2.75) is 13.8 Å². The minimum atomic E-state index is -0.202. The molecule has 0 aromatic rings. The summed E-state index contributed by atoms with van der Waals surface area (Å²) in [5.74, 6) is -0.260. The molecule has 0 heterocycles. The molecule has 0 saturated carbocycles. The molecular formula is C10H21N3O3. The minimum absolute atomic E-state index is 0.00925. The second-order valence-electron chi connectivity index (χ2n) is 3.64. The van der Waals surface area contributed by atoms with Gasteiger partial charge in [-0.3, -0.25) is 9.59 Å². The van der Waals surface area contributed by atoms with Gasteiger partial charge in [0.2, 0.25) is 11.8 Å². The smallest absolute Gasteiger partial charge is 0.246 e. The van der Waals surface area contributed by atoms with Crippen LogP contribution in [0, 0.1) is 5.92 Å². The number of carbonyl (C=O) groups is 2. The molecule has 0 unspecified atom stereocenters. The second-order valence-corrected chi connectivity index (χ2v) is 3.64. The monoisotopic (exact) mass is 231 g/mol. The topological polar surface area (TPSA) is 93.5 Å². The highest BCUT2D eigenvalue weighted by Gasteiger charge is 2.05. The van der Waals surface area contributed by atoms with Crippen LogP contribution >= 0.6 is 0 Å². The van der Waals surface area contributed by atoms with Gasteiger partial charge in [0.25, 0.3) is 0 Å². The lowest BCUT2D eigenvalue weighted by Crippen LogP contribution is -2.37. The summed E-state index contributed by atoms with van der Waals surface area (Å²) in [6.07, 6.45) is 0. The van der Waals surface area contributed by atoms with Crippen LogP contribution in [-0.4, -0.2) is 44.7 Å². The van der Waals surface area contributed by atoms with Crippen molar-refractivity contribution in [1.82, 2.24) is 10.6 Å².